The maximum atomic E-state index is 12.2. The van der Waals surface area contributed by atoms with Gasteiger partial charge in [0.15, 0.2) is 0 Å². The third-order valence-corrected chi connectivity index (χ3v) is 3.58. The molecule has 2 N–H and O–H groups in total. The molecule has 0 spiro atoms. The first-order chi connectivity index (χ1) is 10.1. The summed E-state index contributed by atoms with van der Waals surface area (Å²) in [6.07, 6.45) is 2.58. The summed E-state index contributed by atoms with van der Waals surface area (Å²) in [7, 11) is 1.57. The minimum absolute atomic E-state index is 0.145. The average Bonchev–Trinajstić information content (AvgIpc) is 2.51. The van der Waals surface area contributed by atoms with Crippen LogP contribution in [-0.4, -0.2) is 43.5 Å². The molecule has 1 atom stereocenters. The Bertz CT molecular complexity index is 462. The molecular formula is C15H22N2O3S. The Morgan fingerprint density at radius 1 is 1.29 bits per heavy atom. The van der Waals surface area contributed by atoms with Crippen LogP contribution in [0.5, 0.6) is 5.75 Å². The van der Waals surface area contributed by atoms with E-state index >= 15 is 0 Å². The molecule has 0 unspecified atom stereocenters. The van der Waals surface area contributed by atoms with Gasteiger partial charge in [-0.3, -0.25) is 9.59 Å². The van der Waals surface area contributed by atoms with Crippen LogP contribution >= 0.6 is 11.8 Å². The monoisotopic (exact) mass is 310 g/mol. The van der Waals surface area contributed by atoms with E-state index in [-0.39, 0.29) is 11.8 Å². The van der Waals surface area contributed by atoms with Crippen LogP contribution < -0.4 is 15.4 Å². The smallest absolute Gasteiger partial charge is 0.251 e. The average molecular weight is 310 g/mol. The van der Waals surface area contributed by atoms with Crippen molar-refractivity contribution < 1.29 is 14.3 Å². The molecule has 1 aromatic rings. The van der Waals surface area contributed by atoms with Crippen LogP contribution in [-0.2, 0) is 4.79 Å². The van der Waals surface area contributed by atoms with E-state index in [1.54, 1.807) is 43.1 Å². The van der Waals surface area contributed by atoms with Crippen molar-refractivity contribution >= 4 is 23.6 Å². The SMILES string of the molecule is CCNC(=O)[C@@H](CCSC)NC(=O)c1ccc(OC)cc1. The fraction of sp³-hybridized carbons (Fsp3) is 0.467. The molecule has 0 saturated carbocycles. The third kappa shape index (κ3) is 5.67. The first kappa shape index (κ1) is 17.4. The van der Waals surface area contributed by atoms with Gasteiger partial charge in [0.25, 0.3) is 5.91 Å². The quantitative estimate of drug-likeness (QED) is 0.767. The lowest BCUT2D eigenvalue weighted by atomic mass is 10.1. The molecule has 0 aliphatic heterocycles. The topological polar surface area (TPSA) is 67.4 Å². The largest absolute Gasteiger partial charge is 0.497 e. The number of methoxy groups -OCH3 is 1. The summed E-state index contributed by atoms with van der Waals surface area (Å²) in [4.78, 5) is 24.1. The molecule has 0 heterocycles. The number of amides is 2. The highest BCUT2D eigenvalue weighted by molar-refractivity contribution is 7.98. The predicted octanol–water partition coefficient (Wildman–Crippen LogP) is 1.68. The Morgan fingerprint density at radius 3 is 2.48 bits per heavy atom. The van der Waals surface area contributed by atoms with Gasteiger partial charge in [-0.2, -0.15) is 11.8 Å². The Kier molecular flexibility index (Phi) is 7.68. The number of likely N-dealkylation sites (N-methyl/N-ethyl adjacent to an activating group) is 1. The molecule has 6 heteroatoms. The zero-order valence-corrected chi connectivity index (χ0v) is 13.5. The Balaban J connectivity index is 2.71. The highest BCUT2D eigenvalue weighted by Gasteiger charge is 2.20. The maximum Gasteiger partial charge on any atom is 0.251 e. The maximum absolute atomic E-state index is 12.2. The second kappa shape index (κ2) is 9.28. The van der Waals surface area contributed by atoms with Gasteiger partial charge in [0.1, 0.15) is 11.8 Å². The summed E-state index contributed by atoms with van der Waals surface area (Å²) in [5.74, 6) is 1.10. The van der Waals surface area contributed by atoms with Gasteiger partial charge < -0.3 is 15.4 Å². The number of ether oxygens (including phenoxy) is 1. The number of benzene rings is 1. The summed E-state index contributed by atoms with van der Waals surface area (Å²) in [6.45, 7) is 2.40. The number of thioether (sulfide) groups is 1. The van der Waals surface area contributed by atoms with Gasteiger partial charge in [-0.25, -0.2) is 0 Å². The second-order valence-corrected chi connectivity index (χ2v) is 5.42. The van der Waals surface area contributed by atoms with Crippen molar-refractivity contribution in [2.45, 2.75) is 19.4 Å². The second-order valence-electron chi connectivity index (χ2n) is 4.43. The van der Waals surface area contributed by atoms with E-state index < -0.39 is 6.04 Å². The van der Waals surface area contributed by atoms with Crippen LogP contribution in [0.3, 0.4) is 0 Å². The number of rotatable bonds is 8. The van der Waals surface area contributed by atoms with E-state index in [0.29, 0.717) is 24.3 Å². The molecular weight excluding hydrogens is 288 g/mol. The summed E-state index contributed by atoms with van der Waals surface area (Å²) >= 11 is 1.65. The number of hydrogen-bond donors (Lipinski definition) is 2. The minimum Gasteiger partial charge on any atom is -0.497 e. The molecule has 1 rings (SSSR count). The van der Waals surface area contributed by atoms with Crippen molar-refractivity contribution in [3.8, 4) is 5.75 Å². The van der Waals surface area contributed by atoms with Crippen LogP contribution in [0.2, 0.25) is 0 Å². The summed E-state index contributed by atoms with van der Waals surface area (Å²) in [5, 5.41) is 5.53. The molecule has 2 amide bonds. The van der Waals surface area contributed by atoms with Crippen LogP contribution in [0.15, 0.2) is 24.3 Å². The molecule has 0 aliphatic carbocycles. The lowest BCUT2D eigenvalue weighted by molar-refractivity contribution is -0.122. The van der Waals surface area contributed by atoms with Gasteiger partial charge in [0.05, 0.1) is 7.11 Å². The standard InChI is InChI=1S/C15H22N2O3S/c1-4-16-15(19)13(9-10-21-3)17-14(18)11-5-7-12(20-2)8-6-11/h5-8,13H,4,9-10H2,1-3H3,(H,16,19)(H,17,18)/t13-/m1/s1. The minimum atomic E-state index is -0.507. The van der Waals surface area contributed by atoms with Gasteiger partial charge in [0, 0.05) is 12.1 Å². The number of hydrogen-bond acceptors (Lipinski definition) is 4. The number of carbonyl (C=O) groups excluding carboxylic acids is 2. The lowest BCUT2D eigenvalue weighted by Gasteiger charge is -2.17. The number of nitrogens with one attached hydrogen (secondary N) is 2. The van der Waals surface area contributed by atoms with Gasteiger partial charge in [-0.1, -0.05) is 0 Å². The third-order valence-electron chi connectivity index (χ3n) is 2.94. The molecule has 0 aromatic heterocycles. The van der Waals surface area contributed by atoms with Crippen LogP contribution in [0.1, 0.15) is 23.7 Å². The molecule has 0 saturated heterocycles. The van der Waals surface area contributed by atoms with E-state index in [0.717, 1.165) is 5.75 Å². The van der Waals surface area contributed by atoms with Gasteiger partial charge in [-0.15, -0.1) is 0 Å². The van der Waals surface area contributed by atoms with E-state index in [1.807, 2.05) is 13.2 Å². The van der Waals surface area contributed by atoms with E-state index in [4.69, 9.17) is 4.74 Å². The zero-order chi connectivity index (χ0) is 15.7. The molecule has 0 bridgehead atoms. The van der Waals surface area contributed by atoms with E-state index in [9.17, 15) is 9.59 Å². The Morgan fingerprint density at radius 2 is 1.95 bits per heavy atom. The van der Waals surface area contributed by atoms with Gasteiger partial charge >= 0.3 is 0 Å². The van der Waals surface area contributed by atoms with Crippen LogP contribution in [0, 0.1) is 0 Å². The molecule has 21 heavy (non-hydrogen) atoms. The fourth-order valence-electron chi connectivity index (χ4n) is 1.79. The molecule has 0 aliphatic rings. The van der Waals surface area contributed by atoms with Gasteiger partial charge in [-0.05, 0) is 49.6 Å². The predicted molar refractivity (Wildman–Crippen MR) is 85.9 cm³/mol. The molecule has 1 aromatic carbocycles. The van der Waals surface area contributed by atoms with Crippen molar-refractivity contribution in [1.29, 1.82) is 0 Å². The Hall–Kier alpha value is -1.69. The first-order valence-corrected chi connectivity index (χ1v) is 8.23. The lowest BCUT2D eigenvalue weighted by Crippen LogP contribution is -2.47. The molecule has 5 nitrogen and oxygen atoms in total. The van der Waals surface area contributed by atoms with Gasteiger partial charge in [0.2, 0.25) is 5.91 Å². The highest BCUT2D eigenvalue weighted by atomic mass is 32.2. The van der Waals surface area contributed by atoms with Crippen molar-refractivity contribution in [1.82, 2.24) is 10.6 Å². The molecule has 116 valence electrons. The van der Waals surface area contributed by atoms with Crippen LogP contribution in [0.25, 0.3) is 0 Å². The molecule has 0 radical (unpaired) electrons. The normalized spacial score (nSPS) is 11.6. The van der Waals surface area contributed by atoms with Crippen LogP contribution in [0.4, 0.5) is 0 Å². The van der Waals surface area contributed by atoms with E-state index in [1.165, 1.54) is 0 Å². The zero-order valence-electron chi connectivity index (χ0n) is 12.6. The summed E-state index contributed by atoms with van der Waals surface area (Å²) in [6, 6.07) is 6.29. The number of carbonyl (C=O) groups is 2. The van der Waals surface area contributed by atoms with E-state index in [2.05, 4.69) is 10.6 Å². The van der Waals surface area contributed by atoms with Crippen molar-refractivity contribution in [2.75, 3.05) is 25.7 Å². The fourth-order valence-corrected chi connectivity index (χ4v) is 2.26. The Labute approximate surface area is 129 Å². The summed E-state index contributed by atoms with van der Waals surface area (Å²) in [5.41, 5.74) is 0.509. The highest BCUT2D eigenvalue weighted by Crippen LogP contribution is 2.11. The van der Waals surface area contributed by atoms with Crippen molar-refractivity contribution in [2.24, 2.45) is 0 Å². The summed E-state index contributed by atoms with van der Waals surface area (Å²) < 4.78 is 5.05. The molecule has 0 fully saturated rings. The van der Waals surface area contributed by atoms with Crippen molar-refractivity contribution in [3.63, 3.8) is 0 Å². The first-order valence-electron chi connectivity index (χ1n) is 6.84. The van der Waals surface area contributed by atoms with Crippen molar-refractivity contribution in [3.05, 3.63) is 29.8 Å².